The van der Waals surface area contributed by atoms with Crippen molar-refractivity contribution in [2.75, 3.05) is 0 Å². The molecule has 0 amide bonds. The largest absolute Gasteiger partial charge is 0.494 e. The maximum Gasteiger partial charge on any atom is 0.494 e. The van der Waals surface area contributed by atoms with Gasteiger partial charge >= 0.3 is 7.12 Å². The fraction of sp³-hybridized carbons (Fsp3) is 0.368. The van der Waals surface area contributed by atoms with Gasteiger partial charge in [0.15, 0.2) is 0 Å². The molecule has 1 aliphatic heterocycles. The molecule has 0 saturated carbocycles. The van der Waals surface area contributed by atoms with E-state index in [9.17, 15) is 0 Å². The van der Waals surface area contributed by atoms with E-state index in [1.54, 1.807) is 0 Å². The summed E-state index contributed by atoms with van der Waals surface area (Å²) in [6, 6.07) is 27.5. The lowest BCUT2D eigenvalue weighted by molar-refractivity contribution is 0.00578. The maximum absolute atomic E-state index is 6.34. The normalized spacial score (nSPS) is 16.0. The molecule has 0 bridgehead atoms. The molecule has 0 unspecified atom stereocenters. The number of benzene rings is 4. The zero-order chi connectivity index (χ0) is 30.5. The summed E-state index contributed by atoms with van der Waals surface area (Å²) in [5, 5.41) is 2.66. The summed E-state index contributed by atoms with van der Waals surface area (Å²) in [5.41, 5.74) is 12.0. The van der Waals surface area contributed by atoms with Gasteiger partial charge in [-0.25, -0.2) is 0 Å². The van der Waals surface area contributed by atoms with Crippen molar-refractivity contribution in [3.05, 3.63) is 83.9 Å². The van der Waals surface area contributed by atoms with E-state index in [1.165, 1.54) is 86.3 Å². The third-order valence-electron chi connectivity index (χ3n) is 9.88. The highest BCUT2D eigenvalue weighted by atomic mass is 16.7. The van der Waals surface area contributed by atoms with Crippen LogP contribution in [0.2, 0.25) is 0 Å². The monoisotopic (exact) mass is 569 g/mol. The van der Waals surface area contributed by atoms with Crippen LogP contribution in [0.3, 0.4) is 0 Å². The minimum absolute atomic E-state index is 0.349. The van der Waals surface area contributed by atoms with Gasteiger partial charge in [-0.15, -0.1) is 0 Å². The summed E-state index contributed by atoms with van der Waals surface area (Å²) in [7, 11) is 1.82. The Morgan fingerprint density at radius 3 is 1.77 bits per heavy atom. The first-order chi connectivity index (χ1) is 20.5. The summed E-state index contributed by atoms with van der Waals surface area (Å²) in [6.45, 7) is 16.2. The number of aryl methyl sites for hydroxylation is 3. The molecular formula is C38H45B2NO2. The second kappa shape index (κ2) is 11.3. The van der Waals surface area contributed by atoms with Crippen LogP contribution in [-0.4, -0.2) is 30.7 Å². The van der Waals surface area contributed by atoms with Crippen LogP contribution < -0.4 is 10.9 Å². The average Bonchev–Trinajstić information content (AvgIpc) is 3.38. The summed E-state index contributed by atoms with van der Waals surface area (Å²) in [5.74, 6) is 0. The quantitative estimate of drug-likeness (QED) is 0.140. The van der Waals surface area contributed by atoms with Gasteiger partial charge < -0.3 is 13.9 Å². The van der Waals surface area contributed by atoms with Crippen LogP contribution in [-0.2, 0) is 15.9 Å². The second-order valence-electron chi connectivity index (χ2n) is 13.7. The van der Waals surface area contributed by atoms with E-state index >= 15 is 0 Å². The first-order valence-corrected chi connectivity index (χ1v) is 16.1. The molecule has 1 aromatic heterocycles. The van der Waals surface area contributed by atoms with E-state index < -0.39 is 0 Å². The summed E-state index contributed by atoms with van der Waals surface area (Å²) < 4.78 is 15.3. The third kappa shape index (κ3) is 5.47. The molecule has 5 heteroatoms. The Kier molecular flexibility index (Phi) is 7.85. The molecular weight excluding hydrogens is 524 g/mol. The predicted molar refractivity (Wildman–Crippen MR) is 188 cm³/mol. The standard InChI is InChI=1S/C38H45B2NO2/c1-8-9-10-11-20-41-35-23-27(31-18-14-29(39)21-25(31)2)12-16-33(35)34-17-13-28(24-36(34)41)32-19-15-30(22-26(32)3)40-42-37(4,5)38(6,7)43-40/h12-19,21-24H,8-11,20,39H2,1-7H3. The Morgan fingerprint density at radius 1 is 0.674 bits per heavy atom. The van der Waals surface area contributed by atoms with E-state index in [2.05, 4.69) is 134 Å². The molecule has 220 valence electrons. The molecule has 0 N–H and O–H groups in total. The number of nitrogens with zero attached hydrogens (tertiary/aromatic N) is 1. The van der Waals surface area contributed by atoms with E-state index in [0.717, 1.165) is 12.0 Å². The van der Waals surface area contributed by atoms with Gasteiger partial charge in [-0.3, -0.25) is 0 Å². The van der Waals surface area contributed by atoms with Gasteiger partial charge in [-0.2, -0.15) is 0 Å². The molecule has 5 aromatic rings. The Labute approximate surface area is 259 Å². The zero-order valence-corrected chi connectivity index (χ0v) is 27.3. The highest BCUT2D eigenvalue weighted by molar-refractivity contribution is 6.62. The molecule has 2 heterocycles. The molecule has 1 fully saturated rings. The smallest absolute Gasteiger partial charge is 0.399 e. The van der Waals surface area contributed by atoms with Crippen molar-refractivity contribution in [2.45, 2.75) is 91.9 Å². The van der Waals surface area contributed by atoms with Crippen LogP contribution >= 0.6 is 0 Å². The van der Waals surface area contributed by atoms with E-state index in [1.807, 2.05) is 0 Å². The van der Waals surface area contributed by atoms with Gasteiger partial charge in [0.2, 0.25) is 0 Å². The molecule has 0 aliphatic carbocycles. The van der Waals surface area contributed by atoms with Crippen molar-refractivity contribution in [3.63, 3.8) is 0 Å². The average molecular weight is 569 g/mol. The lowest BCUT2D eigenvalue weighted by atomic mass is 9.77. The Morgan fingerprint density at radius 2 is 1.23 bits per heavy atom. The minimum Gasteiger partial charge on any atom is -0.399 e. The van der Waals surface area contributed by atoms with Crippen LogP contribution in [0.15, 0.2) is 72.8 Å². The summed E-state index contributed by atoms with van der Waals surface area (Å²) in [4.78, 5) is 0. The van der Waals surface area contributed by atoms with Crippen LogP contribution in [0.25, 0.3) is 44.1 Å². The minimum atomic E-state index is -0.350. The molecule has 0 radical (unpaired) electrons. The fourth-order valence-electron chi connectivity index (χ4n) is 6.64. The molecule has 3 nitrogen and oxygen atoms in total. The van der Waals surface area contributed by atoms with Crippen molar-refractivity contribution in [3.8, 4) is 22.3 Å². The fourth-order valence-corrected chi connectivity index (χ4v) is 6.64. The highest BCUT2D eigenvalue weighted by Gasteiger charge is 2.51. The van der Waals surface area contributed by atoms with E-state index in [0.29, 0.717) is 0 Å². The highest BCUT2D eigenvalue weighted by Crippen LogP contribution is 2.38. The Balaban J connectivity index is 1.42. The molecule has 4 aromatic carbocycles. The predicted octanol–water partition coefficient (Wildman–Crippen LogP) is 7.88. The van der Waals surface area contributed by atoms with Crippen molar-refractivity contribution >= 4 is 47.7 Å². The zero-order valence-electron chi connectivity index (χ0n) is 27.3. The van der Waals surface area contributed by atoms with Gasteiger partial charge in [-0.05, 0) is 98.9 Å². The van der Waals surface area contributed by atoms with Gasteiger partial charge in [0.25, 0.3) is 0 Å². The van der Waals surface area contributed by atoms with Gasteiger partial charge in [-0.1, -0.05) is 92.3 Å². The number of fused-ring (bicyclic) bond motifs is 3. The first kappa shape index (κ1) is 29.8. The Bertz CT molecular complexity index is 1800. The number of aromatic nitrogens is 1. The number of hydrogen-bond acceptors (Lipinski definition) is 2. The van der Waals surface area contributed by atoms with Crippen molar-refractivity contribution in [1.29, 1.82) is 0 Å². The number of rotatable bonds is 8. The van der Waals surface area contributed by atoms with Crippen LogP contribution in [0.5, 0.6) is 0 Å². The summed E-state index contributed by atoms with van der Waals surface area (Å²) >= 11 is 0. The second-order valence-corrected chi connectivity index (χ2v) is 13.7. The van der Waals surface area contributed by atoms with Crippen LogP contribution in [0.4, 0.5) is 0 Å². The molecule has 1 aliphatic rings. The SMILES string of the molecule is Bc1ccc(-c2ccc3c4ccc(-c5ccc(B6OC(C)(C)C(C)(C)O6)cc5C)cc4n(CCCCCC)c3c2)c(C)c1. The van der Waals surface area contributed by atoms with Gasteiger partial charge in [0.05, 0.1) is 11.2 Å². The van der Waals surface area contributed by atoms with E-state index in [-0.39, 0.29) is 18.3 Å². The van der Waals surface area contributed by atoms with Gasteiger partial charge in [0, 0.05) is 28.4 Å². The third-order valence-corrected chi connectivity index (χ3v) is 9.88. The van der Waals surface area contributed by atoms with Crippen molar-refractivity contribution in [1.82, 2.24) is 4.57 Å². The van der Waals surface area contributed by atoms with Crippen molar-refractivity contribution in [2.24, 2.45) is 0 Å². The molecule has 0 spiro atoms. The van der Waals surface area contributed by atoms with Gasteiger partial charge in [0.1, 0.15) is 7.85 Å². The first-order valence-electron chi connectivity index (χ1n) is 16.1. The maximum atomic E-state index is 6.34. The summed E-state index contributed by atoms with van der Waals surface area (Å²) in [6.07, 6.45) is 4.97. The lowest BCUT2D eigenvalue weighted by Crippen LogP contribution is -2.41. The molecule has 43 heavy (non-hydrogen) atoms. The Hall–Kier alpha value is -3.27. The number of unbranched alkanes of at least 4 members (excludes halogenated alkanes) is 3. The van der Waals surface area contributed by atoms with Crippen molar-refractivity contribution < 1.29 is 9.31 Å². The van der Waals surface area contributed by atoms with E-state index in [4.69, 9.17) is 9.31 Å². The topological polar surface area (TPSA) is 23.4 Å². The lowest BCUT2D eigenvalue weighted by Gasteiger charge is -2.32. The molecule has 0 atom stereocenters. The number of hydrogen-bond donors (Lipinski definition) is 0. The van der Waals surface area contributed by atoms with Crippen LogP contribution in [0.1, 0.15) is 71.4 Å². The molecule has 1 saturated heterocycles. The van der Waals surface area contributed by atoms with Crippen LogP contribution in [0, 0.1) is 13.8 Å². The molecule has 6 rings (SSSR count).